The van der Waals surface area contributed by atoms with Crippen molar-refractivity contribution in [3.63, 3.8) is 0 Å². The molecule has 0 radical (unpaired) electrons. The fourth-order valence-electron chi connectivity index (χ4n) is 2.39. The number of carbonyl (C=O) groups excluding carboxylic acids is 2. The summed E-state index contributed by atoms with van der Waals surface area (Å²) in [6, 6.07) is 3.12. The summed E-state index contributed by atoms with van der Waals surface area (Å²) in [5.74, 6) is -0.668. The maximum Gasteiger partial charge on any atom is 0.355 e. The number of hydrogen-bond acceptors (Lipinski definition) is 8. The topological polar surface area (TPSA) is 83.5 Å². The van der Waals surface area contributed by atoms with E-state index in [-0.39, 0.29) is 24.6 Å². The Bertz CT molecular complexity index is 717. The minimum absolute atomic E-state index is 0.00303. The van der Waals surface area contributed by atoms with Crippen LogP contribution < -0.4 is 14.4 Å². The largest absolute Gasteiger partial charge is 0.495 e. The summed E-state index contributed by atoms with van der Waals surface area (Å²) in [6.45, 7) is -0.0906. The first-order valence-electron chi connectivity index (χ1n) is 7.15. The fraction of sp³-hybridized carbons (Fsp3) is 0.375. The van der Waals surface area contributed by atoms with E-state index in [1.165, 1.54) is 39.4 Å². The molecule has 0 saturated heterocycles. The summed E-state index contributed by atoms with van der Waals surface area (Å²) in [6.07, 6.45) is 0. The van der Waals surface area contributed by atoms with Crippen LogP contribution in [0.3, 0.4) is 0 Å². The van der Waals surface area contributed by atoms with Gasteiger partial charge >= 0.3 is 11.9 Å². The predicted molar refractivity (Wildman–Crippen MR) is 88.9 cm³/mol. The molecule has 0 spiro atoms. The number of nitrogens with zero attached hydrogens (tertiary/aromatic N) is 1. The number of ether oxygens (including phenoxy) is 5. The van der Waals surface area contributed by atoms with E-state index in [2.05, 4.69) is 0 Å². The molecule has 8 nitrogen and oxygen atoms in total. The van der Waals surface area contributed by atoms with Crippen LogP contribution in [0.5, 0.6) is 11.5 Å². The molecule has 1 aliphatic rings. The standard InChI is InChI=1S/C16H18ClNO7/c1-21-12-6-11(13(22-2)5-10(12)17)18-8-25-7-9(15(19)23-3)14(18)16(20)24-4/h5-6H,7-8H2,1-4H3. The zero-order valence-electron chi connectivity index (χ0n) is 14.3. The lowest BCUT2D eigenvalue weighted by Gasteiger charge is -2.32. The van der Waals surface area contributed by atoms with Crippen molar-refractivity contribution in [2.75, 3.05) is 46.7 Å². The molecule has 0 atom stereocenters. The van der Waals surface area contributed by atoms with Crippen molar-refractivity contribution >= 4 is 29.2 Å². The highest BCUT2D eigenvalue weighted by atomic mass is 35.5. The molecule has 25 heavy (non-hydrogen) atoms. The Morgan fingerprint density at radius 3 is 2.24 bits per heavy atom. The van der Waals surface area contributed by atoms with Crippen LogP contribution in [0.2, 0.25) is 5.02 Å². The number of halogens is 1. The van der Waals surface area contributed by atoms with Gasteiger partial charge in [-0.1, -0.05) is 11.6 Å². The molecule has 1 aliphatic heterocycles. The normalized spacial score (nSPS) is 14.2. The summed E-state index contributed by atoms with van der Waals surface area (Å²) < 4.78 is 25.5. The molecule has 9 heteroatoms. The molecule has 1 heterocycles. The van der Waals surface area contributed by atoms with Gasteiger partial charge in [0.25, 0.3) is 0 Å². The highest BCUT2D eigenvalue weighted by molar-refractivity contribution is 6.32. The number of benzene rings is 1. The second-order valence-corrected chi connectivity index (χ2v) is 5.28. The highest BCUT2D eigenvalue weighted by Crippen LogP contribution is 2.40. The summed E-state index contributed by atoms with van der Waals surface area (Å²) in [5, 5.41) is 0.331. The molecule has 0 amide bonds. The number of hydrogen-bond donors (Lipinski definition) is 0. The number of methoxy groups -OCH3 is 4. The number of anilines is 1. The Hall–Kier alpha value is -2.45. The van der Waals surface area contributed by atoms with E-state index >= 15 is 0 Å². The summed E-state index contributed by atoms with van der Waals surface area (Å²) >= 11 is 6.11. The van der Waals surface area contributed by atoms with Crippen molar-refractivity contribution in [2.45, 2.75) is 0 Å². The summed E-state index contributed by atoms with van der Waals surface area (Å²) in [7, 11) is 5.35. The molecule has 136 valence electrons. The van der Waals surface area contributed by atoms with Gasteiger partial charge in [-0.2, -0.15) is 0 Å². The Morgan fingerprint density at radius 1 is 1.04 bits per heavy atom. The van der Waals surface area contributed by atoms with Crippen molar-refractivity contribution in [1.29, 1.82) is 0 Å². The van der Waals surface area contributed by atoms with Gasteiger partial charge in [0.05, 0.1) is 51.3 Å². The van der Waals surface area contributed by atoms with Crippen LogP contribution >= 0.6 is 11.6 Å². The van der Waals surface area contributed by atoms with Gasteiger partial charge in [-0.3, -0.25) is 0 Å². The molecule has 0 bridgehead atoms. The lowest BCUT2D eigenvalue weighted by Crippen LogP contribution is -2.39. The average molecular weight is 372 g/mol. The monoisotopic (exact) mass is 371 g/mol. The van der Waals surface area contributed by atoms with E-state index in [9.17, 15) is 9.59 Å². The molecule has 0 aromatic heterocycles. The van der Waals surface area contributed by atoms with E-state index in [1.54, 1.807) is 6.07 Å². The molecular formula is C16H18ClNO7. The third kappa shape index (κ3) is 3.64. The van der Waals surface area contributed by atoms with Crippen molar-refractivity contribution in [3.8, 4) is 11.5 Å². The summed E-state index contributed by atoms with van der Waals surface area (Å²) in [5.41, 5.74) is 0.463. The Balaban J connectivity index is 2.67. The van der Waals surface area contributed by atoms with Crippen LogP contribution in [0, 0.1) is 0 Å². The van der Waals surface area contributed by atoms with E-state index < -0.39 is 11.9 Å². The van der Waals surface area contributed by atoms with Gasteiger partial charge < -0.3 is 28.6 Å². The predicted octanol–water partition coefficient (Wildman–Crippen LogP) is 1.75. The molecule has 2 rings (SSSR count). The average Bonchev–Trinajstić information content (AvgIpc) is 2.65. The van der Waals surface area contributed by atoms with Gasteiger partial charge in [0.2, 0.25) is 0 Å². The van der Waals surface area contributed by atoms with Crippen LogP contribution in [-0.2, 0) is 23.8 Å². The molecule has 0 unspecified atom stereocenters. The maximum absolute atomic E-state index is 12.3. The van der Waals surface area contributed by atoms with Gasteiger partial charge in [0.1, 0.15) is 23.9 Å². The van der Waals surface area contributed by atoms with Crippen LogP contribution in [0.25, 0.3) is 0 Å². The van der Waals surface area contributed by atoms with Gasteiger partial charge in [0.15, 0.2) is 0 Å². The second kappa shape index (κ2) is 8.09. The van der Waals surface area contributed by atoms with E-state index in [0.29, 0.717) is 22.2 Å². The number of esters is 2. The van der Waals surface area contributed by atoms with Gasteiger partial charge in [0, 0.05) is 12.1 Å². The first kappa shape index (κ1) is 18.9. The van der Waals surface area contributed by atoms with Gasteiger partial charge in [-0.15, -0.1) is 0 Å². The van der Waals surface area contributed by atoms with Crippen LogP contribution in [0.15, 0.2) is 23.4 Å². The SMILES string of the molecule is COC(=O)C1=C(C(=O)OC)N(c2cc(OC)c(Cl)cc2OC)COC1. The van der Waals surface area contributed by atoms with Crippen molar-refractivity contribution in [3.05, 3.63) is 28.4 Å². The van der Waals surface area contributed by atoms with Gasteiger partial charge in [-0.05, 0) is 0 Å². The second-order valence-electron chi connectivity index (χ2n) is 4.87. The zero-order chi connectivity index (χ0) is 18.6. The maximum atomic E-state index is 12.3. The fourth-order valence-corrected chi connectivity index (χ4v) is 2.62. The first-order chi connectivity index (χ1) is 12.0. The number of rotatable bonds is 5. The molecule has 0 N–H and O–H groups in total. The minimum Gasteiger partial charge on any atom is -0.495 e. The zero-order valence-corrected chi connectivity index (χ0v) is 15.0. The van der Waals surface area contributed by atoms with Crippen molar-refractivity contribution in [1.82, 2.24) is 0 Å². The lowest BCUT2D eigenvalue weighted by molar-refractivity contribution is -0.140. The molecule has 0 aliphatic carbocycles. The first-order valence-corrected chi connectivity index (χ1v) is 7.52. The highest BCUT2D eigenvalue weighted by Gasteiger charge is 2.34. The lowest BCUT2D eigenvalue weighted by atomic mass is 10.1. The smallest absolute Gasteiger partial charge is 0.355 e. The molecule has 0 fully saturated rings. The van der Waals surface area contributed by atoms with E-state index in [0.717, 1.165) is 0 Å². The quantitative estimate of drug-likeness (QED) is 0.724. The Morgan fingerprint density at radius 2 is 1.68 bits per heavy atom. The van der Waals surface area contributed by atoms with E-state index in [1.807, 2.05) is 0 Å². The van der Waals surface area contributed by atoms with Crippen LogP contribution in [0.1, 0.15) is 0 Å². The van der Waals surface area contributed by atoms with E-state index in [4.69, 9.17) is 35.3 Å². The van der Waals surface area contributed by atoms with Gasteiger partial charge in [-0.25, -0.2) is 9.59 Å². The molecule has 0 saturated carbocycles. The Kier molecular flexibility index (Phi) is 6.11. The molecule has 1 aromatic rings. The third-order valence-corrected chi connectivity index (χ3v) is 3.87. The number of carbonyl (C=O) groups is 2. The minimum atomic E-state index is -0.709. The van der Waals surface area contributed by atoms with Crippen LogP contribution in [0.4, 0.5) is 5.69 Å². The van der Waals surface area contributed by atoms with Crippen molar-refractivity contribution < 1.29 is 33.3 Å². The summed E-state index contributed by atoms with van der Waals surface area (Å²) in [4.78, 5) is 25.8. The Labute approximate surface area is 149 Å². The molecule has 1 aromatic carbocycles. The van der Waals surface area contributed by atoms with Crippen LogP contribution in [-0.4, -0.2) is 53.7 Å². The van der Waals surface area contributed by atoms with Crippen molar-refractivity contribution in [2.24, 2.45) is 0 Å². The third-order valence-electron chi connectivity index (χ3n) is 3.58. The molecular weight excluding hydrogens is 354 g/mol.